The molecule has 0 unspecified atom stereocenters. The summed E-state index contributed by atoms with van der Waals surface area (Å²) in [5.74, 6) is -3.13. The van der Waals surface area contributed by atoms with Crippen molar-refractivity contribution in [2.45, 2.75) is 52.9 Å². The monoisotopic (exact) mass is 560 g/mol. The molecule has 2 aromatic carbocycles. The lowest BCUT2D eigenvalue weighted by Crippen LogP contribution is -2.43. The molecule has 218 valence electrons. The maximum atomic E-state index is 14.5. The van der Waals surface area contributed by atoms with Gasteiger partial charge < -0.3 is 24.4 Å². The molecule has 1 N–H and O–H groups in total. The van der Waals surface area contributed by atoms with Crippen LogP contribution in [-0.4, -0.2) is 51.1 Å². The second kappa shape index (κ2) is 13.1. The molecule has 0 aromatic heterocycles. The Morgan fingerprint density at radius 1 is 0.951 bits per heavy atom. The summed E-state index contributed by atoms with van der Waals surface area (Å²) in [7, 11) is 1.57. The van der Waals surface area contributed by atoms with Crippen LogP contribution in [0, 0.1) is 5.92 Å². The van der Waals surface area contributed by atoms with Gasteiger partial charge in [0.15, 0.2) is 5.78 Å². The minimum atomic E-state index is -1.09. The van der Waals surface area contributed by atoms with Crippen molar-refractivity contribution in [1.29, 1.82) is 0 Å². The van der Waals surface area contributed by atoms with Crippen LogP contribution >= 0.6 is 0 Å². The van der Waals surface area contributed by atoms with Crippen molar-refractivity contribution < 1.29 is 28.6 Å². The Labute approximate surface area is 242 Å². The first-order chi connectivity index (χ1) is 19.8. The fraction of sp³-hybridized carbons (Fsp3) is 0.424. The average Bonchev–Trinajstić information content (AvgIpc) is 2.97. The number of rotatable bonds is 10. The van der Waals surface area contributed by atoms with Gasteiger partial charge in [-0.15, -0.1) is 0 Å². The number of benzene rings is 2. The molecule has 2 aliphatic rings. The van der Waals surface area contributed by atoms with Crippen molar-refractivity contribution >= 4 is 23.4 Å². The zero-order valence-corrected chi connectivity index (χ0v) is 24.8. The lowest BCUT2D eigenvalue weighted by atomic mass is 9.67. The zero-order chi connectivity index (χ0) is 29.7. The molecule has 1 heterocycles. The molecule has 8 heteroatoms. The van der Waals surface area contributed by atoms with Crippen LogP contribution in [0.1, 0.15) is 64.0 Å². The van der Waals surface area contributed by atoms with Gasteiger partial charge in [0, 0.05) is 47.6 Å². The second-order valence-electron chi connectivity index (χ2n) is 10.1. The molecule has 0 bridgehead atoms. The predicted molar refractivity (Wildman–Crippen MR) is 158 cm³/mol. The van der Waals surface area contributed by atoms with Crippen molar-refractivity contribution in [2.24, 2.45) is 5.92 Å². The first-order valence-electron chi connectivity index (χ1n) is 14.4. The van der Waals surface area contributed by atoms with E-state index in [1.165, 1.54) is 0 Å². The summed E-state index contributed by atoms with van der Waals surface area (Å²) >= 11 is 0. The molecule has 8 nitrogen and oxygen atoms in total. The molecular weight excluding hydrogens is 520 g/mol. The first-order valence-corrected chi connectivity index (χ1v) is 14.4. The van der Waals surface area contributed by atoms with Gasteiger partial charge in [0.05, 0.1) is 25.9 Å². The number of nitrogens with zero attached hydrogens (tertiary/aromatic N) is 1. The minimum absolute atomic E-state index is 0.148. The van der Waals surface area contributed by atoms with Gasteiger partial charge in [-0.3, -0.25) is 9.59 Å². The van der Waals surface area contributed by atoms with E-state index in [0.717, 1.165) is 29.9 Å². The van der Waals surface area contributed by atoms with E-state index in [9.17, 15) is 14.4 Å². The van der Waals surface area contributed by atoms with Crippen molar-refractivity contribution in [1.82, 2.24) is 5.32 Å². The number of carbonyl (C=O) groups is 3. The molecule has 3 atom stereocenters. The number of carbonyl (C=O) groups excluding carboxylic acids is 3. The Morgan fingerprint density at radius 3 is 2.22 bits per heavy atom. The summed E-state index contributed by atoms with van der Waals surface area (Å²) in [6.45, 7) is 11.6. The van der Waals surface area contributed by atoms with Crippen LogP contribution in [-0.2, 0) is 23.9 Å². The summed E-state index contributed by atoms with van der Waals surface area (Å²) in [6.07, 6.45) is 0.367. The molecule has 1 aliphatic heterocycles. The molecule has 0 spiro atoms. The Balaban J connectivity index is 1.90. The van der Waals surface area contributed by atoms with Gasteiger partial charge >= 0.3 is 11.9 Å². The number of ketones is 1. The number of ether oxygens (including phenoxy) is 3. The van der Waals surface area contributed by atoms with Gasteiger partial charge in [-0.05, 0) is 70.4 Å². The number of hydrogen-bond acceptors (Lipinski definition) is 8. The number of anilines is 1. The van der Waals surface area contributed by atoms with E-state index < -0.39 is 29.7 Å². The highest BCUT2D eigenvalue weighted by Crippen LogP contribution is 2.49. The number of methoxy groups -OCH3 is 1. The number of nitrogens with one attached hydrogen (secondary N) is 1. The fourth-order valence-electron chi connectivity index (χ4n) is 6.08. The Hall–Kier alpha value is -4.07. The topological polar surface area (TPSA) is 94.2 Å². The van der Waals surface area contributed by atoms with Gasteiger partial charge in [-0.1, -0.05) is 30.3 Å². The van der Waals surface area contributed by atoms with E-state index in [2.05, 4.69) is 24.1 Å². The maximum Gasteiger partial charge on any atom is 0.336 e. The molecule has 4 rings (SSSR count). The van der Waals surface area contributed by atoms with E-state index in [0.29, 0.717) is 34.7 Å². The van der Waals surface area contributed by atoms with Crippen molar-refractivity contribution in [2.75, 3.05) is 38.3 Å². The van der Waals surface area contributed by atoms with E-state index in [1.807, 2.05) is 55.5 Å². The Bertz CT molecular complexity index is 1360. The highest BCUT2D eigenvalue weighted by atomic mass is 16.5. The van der Waals surface area contributed by atoms with Gasteiger partial charge in [-0.25, -0.2) is 4.79 Å². The summed E-state index contributed by atoms with van der Waals surface area (Å²) < 4.78 is 16.5. The molecule has 1 aliphatic carbocycles. The molecular formula is C33H40N2O6. The number of allylic oxidation sites excluding steroid dienone is 3. The smallest absolute Gasteiger partial charge is 0.336 e. The van der Waals surface area contributed by atoms with E-state index in [4.69, 9.17) is 14.2 Å². The van der Waals surface area contributed by atoms with E-state index in [1.54, 1.807) is 21.0 Å². The fourth-order valence-corrected chi connectivity index (χ4v) is 6.08. The molecule has 2 aromatic rings. The van der Waals surface area contributed by atoms with Gasteiger partial charge in [-0.2, -0.15) is 0 Å². The summed E-state index contributed by atoms with van der Waals surface area (Å²) in [5.41, 5.74) is 4.68. The predicted octanol–water partition coefficient (Wildman–Crippen LogP) is 5.26. The third-order valence-electron chi connectivity index (χ3n) is 7.95. The molecule has 0 saturated heterocycles. The van der Waals surface area contributed by atoms with Crippen LogP contribution in [0.15, 0.2) is 71.1 Å². The van der Waals surface area contributed by atoms with Crippen LogP contribution in [0.2, 0.25) is 0 Å². The highest BCUT2D eigenvalue weighted by molar-refractivity contribution is 6.13. The van der Waals surface area contributed by atoms with Gasteiger partial charge in [0.25, 0.3) is 0 Å². The second-order valence-corrected chi connectivity index (χ2v) is 10.1. The molecule has 0 radical (unpaired) electrons. The summed E-state index contributed by atoms with van der Waals surface area (Å²) in [5, 5.41) is 3.35. The van der Waals surface area contributed by atoms with Crippen LogP contribution in [0.3, 0.4) is 0 Å². The average molecular weight is 561 g/mol. The summed E-state index contributed by atoms with van der Waals surface area (Å²) in [4.78, 5) is 43.5. The zero-order valence-electron chi connectivity index (χ0n) is 24.8. The maximum absolute atomic E-state index is 14.5. The largest absolute Gasteiger partial charge is 0.496 e. The number of esters is 2. The van der Waals surface area contributed by atoms with Crippen LogP contribution < -0.4 is 15.0 Å². The Kier molecular flexibility index (Phi) is 9.53. The number of dihydropyridines is 1. The van der Waals surface area contributed by atoms with Crippen LogP contribution in [0.4, 0.5) is 5.69 Å². The number of Topliss-reactive ketones (excluding diaryl/α,β-unsaturated/α-hetero) is 1. The third-order valence-corrected chi connectivity index (χ3v) is 7.95. The minimum Gasteiger partial charge on any atom is -0.496 e. The van der Waals surface area contributed by atoms with Crippen molar-refractivity contribution in [3.63, 3.8) is 0 Å². The third kappa shape index (κ3) is 5.73. The van der Waals surface area contributed by atoms with E-state index >= 15 is 0 Å². The van der Waals surface area contributed by atoms with Crippen LogP contribution in [0.25, 0.3) is 0 Å². The van der Waals surface area contributed by atoms with Crippen LogP contribution in [0.5, 0.6) is 5.75 Å². The molecule has 0 amide bonds. The molecule has 0 saturated carbocycles. The van der Waals surface area contributed by atoms with Gasteiger partial charge in [0.1, 0.15) is 11.7 Å². The molecule has 41 heavy (non-hydrogen) atoms. The quantitative estimate of drug-likeness (QED) is 0.311. The molecule has 0 fully saturated rings. The number of para-hydroxylation sites is 1. The lowest BCUT2D eigenvalue weighted by Gasteiger charge is -2.39. The highest BCUT2D eigenvalue weighted by Gasteiger charge is 2.49. The summed E-state index contributed by atoms with van der Waals surface area (Å²) in [6, 6.07) is 15.4. The SMILES string of the molecule is CCOC(=O)C1=C(C)NC2=C(C(=O)[C@@H](C(=O)OCC)[C@@H](c3ccccc3OC)C2)[C@@H]1c1ccc(N(CC)CC)cc1. The first kappa shape index (κ1) is 29.9. The normalized spacial score (nSPS) is 20.2. The van der Waals surface area contributed by atoms with Crippen molar-refractivity contribution in [3.8, 4) is 5.75 Å². The number of hydrogen-bond donors (Lipinski definition) is 1. The standard InChI is InChI=1S/C33H40N2O6/c1-7-35(8-2)22-17-15-21(16-18-22)28-27(32(37)40-9-3)20(5)34-25-19-24(23-13-11-12-14-26(23)39-6)29(31(36)30(25)28)33(38)41-10-4/h11-18,24,28-29,34H,7-10,19H2,1-6H3/t24-,28-,29+/m1/s1. The van der Waals surface area contributed by atoms with Gasteiger partial charge in [0.2, 0.25) is 0 Å². The van der Waals surface area contributed by atoms with E-state index in [-0.39, 0.29) is 19.0 Å². The Morgan fingerprint density at radius 2 is 1.61 bits per heavy atom. The van der Waals surface area contributed by atoms with Crippen molar-refractivity contribution in [3.05, 3.63) is 82.2 Å². The lowest BCUT2D eigenvalue weighted by molar-refractivity contribution is -0.152.